The molecule has 0 radical (unpaired) electrons. The van der Waals surface area contributed by atoms with E-state index in [-0.39, 0.29) is 53.6 Å². The number of methoxy groups -OCH3 is 1. The Labute approximate surface area is 248 Å². The van der Waals surface area contributed by atoms with Crippen LogP contribution in [0.25, 0.3) is 0 Å². The number of ether oxygens (including phenoxy) is 1. The van der Waals surface area contributed by atoms with Gasteiger partial charge in [0, 0.05) is 42.9 Å². The molecule has 10 heteroatoms. The number of carbonyl (C=O) groups is 1. The van der Waals surface area contributed by atoms with E-state index in [2.05, 4.69) is 34.5 Å². The number of nitrogens with one attached hydrogen (secondary N) is 1. The monoisotopic (exact) mass is 606 g/mol. The minimum Gasteiger partial charge on any atom is -0.496 e. The Morgan fingerprint density at radius 3 is 2.15 bits per heavy atom. The Bertz CT molecular complexity index is 1350. The van der Waals surface area contributed by atoms with E-state index in [9.17, 15) is 18.3 Å². The second-order valence-corrected chi connectivity index (χ2v) is 12.4. The maximum atomic E-state index is 12.3. The van der Waals surface area contributed by atoms with Crippen LogP contribution < -0.4 is 10.1 Å². The lowest BCUT2D eigenvalue weighted by Gasteiger charge is -2.56. The highest BCUT2D eigenvalue weighted by molar-refractivity contribution is 7.90. The molecule has 3 aromatic carbocycles. The number of nitrogens with zero attached hydrogens (tertiary/aromatic N) is 1. The van der Waals surface area contributed by atoms with Crippen LogP contribution in [0.15, 0.2) is 83.8 Å². The van der Waals surface area contributed by atoms with Crippen molar-refractivity contribution in [3.8, 4) is 5.75 Å². The summed E-state index contributed by atoms with van der Waals surface area (Å²) in [4.78, 5) is 14.9. The van der Waals surface area contributed by atoms with Gasteiger partial charge in [-0.1, -0.05) is 60.7 Å². The normalized spacial score (nSPS) is 23.6. The summed E-state index contributed by atoms with van der Waals surface area (Å²) in [6, 6.07) is 25.6. The summed E-state index contributed by atoms with van der Waals surface area (Å²) in [7, 11) is -1.82. The second-order valence-electron chi connectivity index (χ2n) is 10.3. The van der Waals surface area contributed by atoms with Gasteiger partial charge < -0.3 is 15.2 Å². The Hall–Kier alpha value is -2.62. The van der Waals surface area contributed by atoms with Crippen molar-refractivity contribution in [2.45, 2.75) is 35.9 Å². The van der Waals surface area contributed by atoms with Crippen molar-refractivity contribution in [2.75, 3.05) is 26.5 Å². The summed E-state index contributed by atoms with van der Waals surface area (Å²) in [6.45, 7) is 1.73. The molecule has 2 N–H and O–H groups in total. The zero-order chi connectivity index (χ0) is 26.9. The van der Waals surface area contributed by atoms with E-state index in [1.807, 2.05) is 36.4 Å². The first kappa shape index (κ1) is 31.9. The highest BCUT2D eigenvalue weighted by Crippen LogP contribution is 2.44. The van der Waals surface area contributed by atoms with Crippen molar-refractivity contribution in [2.24, 2.45) is 11.8 Å². The smallest absolute Gasteiger partial charge is 0.308 e. The Morgan fingerprint density at radius 2 is 1.62 bits per heavy atom. The van der Waals surface area contributed by atoms with Crippen LogP contribution >= 0.6 is 24.8 Å². The largest absolute Gasteiger partial charge is 0.496 e. The van der Waals surface area contributed by atoms with Gasteiger partial charge in [0.25, 0.3) is 0 Å². The van der Waals surface area contributed by atoms with Crippen LogP contribution in [-0.2, 0) is 21.2 Å². The van der Waals surface area contributed by atoms with Gasteiger partial charge in [-0.15, -0.1) is 24.8 Å². The molecule has 3 saturated heterocycles. The zero-order valence-corrected chi connectivity index (χ0v) is 24.9. The van der Waals surface area contributed by atoms with Crippen molar-refractivity contribution < 1.29 is 23.1 Å². The van der Waals surface area contributed by atoms with Gasteiger partial charge in [-0.2, -0.15) is 0 Å². The summed E-state index contributed by atoms with van der Waals surface area (Å²) >= 11 is 0. The molecule has 0 amide bonds. The quantitative estimate of drug-likeness (QED) is 0.366. The van der Waals surface area contributed by atoms with Crippen LogP contribution in [0, 0.1) is 11.8 Å². The summed E-state index contributed by atoms with van der Waals surface area (Å²) in [5.74, 6) is -0.648. The number of aliphatic carboxylic acids is 1. The topological polar surface area (TPSA) is 95.9 Å². The number of piperidine rings is 3. The minimum atomic E-state index is -3.39. The molecule has 2 bridgehead atoms. The van der Waals surface area contributed by atoms with E-state index in [4.69, 9.17) is 4.74 Å². The third-order valence-electron chi connectivity index (χ3n) is 8.13. The Balaban J connectivity index is 0.00000220. The molecule has 7 nitrogen and oxygen atoms in total. The highest BCUT2D eigenvalue weighted by Gasteiger charge is 2.52. The maximum Gasteiger partial charge on any atom is 0.308 e. The van der Waals surface area contributed by atoms with Gasteiger partial charge in [0.15, 0.2) is 9.84 Å². The molecule has 6 rings (SSSR count). The fourth-order valence-corrected chi connectivity index (χ4v) is 7.06. The lowest BCUT2D eigenvalue weighted by atomic mass is 9.66. The Kier molecular flexibility index (Phi) is 10.7. The fraction of sp³-hybridized carbons (Fsp3) is 0.367. The van der Waals surface area contributed by atoms with Crippen LogP contribution in [-0.4, -0.2) is 62.9 Å². The molecule has 3 heterocycles. The number of fused-ring (bicyclic) bond motifs is 3. The summed E-state index contributed by atoms with van der Waals surface area (Å²) in [6.07, 6.45) is 1.99. The van der Waals surface area contributed by atoms with E-state index < -0.39 is 21.7 Å². The van der Waals surface area contributed by atoms with E-state index in [0.29, 0.717) is 18.8 Å². The molecular weight excluding hydrogens is 571 g/mol. The molecule has 3 aromatic rings. The van der Waals surface area contributed by atoms with Gasteiger partial charge in [-0.3, -0.25) is 9.69 Å². The van der Waals surface area contributed by atoms with E-state index >= 15 is 0 Å². The molecule has 0 aromatic heterocycles. The van der Waals surface area contributed by atoms with Crippen LogP contribution in [0.3, 0.4) is 0 Å². The van der Waals surface area contributed by atoms with Gasteiger partial charge in [0.2, 0.25) is 0 Å². The molecule has 3 aliphatic rings. The van der Waals surface area contributed by atoms with Gasteiger partial charge in [0.1, 0.15) is 5.75 Å². The SMILES string of the molecule is COc1ccc(S(C)(=O)=O)cc1CN[C@H]1[C@H]2CCN(C[C@@H]2C(=O)O)[C@H]1C(c1ccccc1)c1ccccc1.Cl.Cl. The van der Waals surface area contributed by atoms with Crippen LogP contribution in [0.2, 0.25) is 0 Å². The number of benzene rings is 3. The number of carboxylic acids is 1. The number of carboxylic acid groups (broad SMARTS) is 1. The third kappa shape index (κ3) is 6.47. The average molecular weight is 608 g/mol. The highest BCUT2D eigenvalue weighted by atomic mass is 35.5. The molecule has 5 atom stereocenters. The average Bonchev–Trinajstić information content (AvgIpc) is 2.93. The van der Waals surface area contributed by atoms with Crippen molar-refractivity contribution >= 4 is 40.6 Å². The first-order valence-corrected chi connectivity index (χ1v) is 14.8. The van der Waals surface area contributed by atoms with Crippen molar-refractivity contribution in [1.29, 1.82) is 0 Å². The third-order valence-corrected chi connectivity index (χ3v) is 9.24. The first-order valence-electron chi connectivity index (χ1n) is 12.9. The van der Waals surface area contributed by atoms with Gasteiger partial charge in [0.05, 0.1) is 17.9 Å². The molecule has 40 heavy (non-hydrogen) atoms. The molecule has 1 unspecified atom stereocenters. The first-order chi connectivity index (χ1) is 18.3. The molecule has 0 saturated carbocycles. The van der Waals surface area contributed by atoms with E-state index in [0.717, 1.165) is 18.5 Å². The van der Waals surface area contributed by atoms with Gasteiger partial charge >= 0.3 is 5.97 Å². The summed E-state index contributed by atoms with van der Waals surface area (Å²) in [5.41, 5.74) is 3.10. The van der Waals surface area contributed by atoms with Crippen LogP contribution in [0.1, 0.15) is 29.0 Å². The molecule has 0 aliphatic carbocycles. The zero-order valence-electron chi connectivity index (χ0n) is 22.5. The predicted molar refractivity (Wildman–Crippen MR) is 161 cm³/mol. The molecular formula is C30H36Cl2N2O5S. The summed E-state index contributed by atoms with van der Waals surface area (Å²) < 4.78 is 30.0. The maximum absolute atomic E-state index is 12.3. The van der Waals surface area contributed by atoms with Gasteiger partial charge in [-0.05, 0) is 48.2 Å². The number of rotatable bonds is 9. The lowest BCUT2D eigenvalue weighted by Crippen LogP contribution is -2.68. The van der Waals surface area contributed by atoms with Crippen LogP contribution in [0.5, 0.6) is 5.75 Å². The molecule has 216 valence electrons. The van der Waals surface area contributed by atoms with Gasteiger partial charge in [-0.25, -0.2) is 8.42 Å². The molecule has 3 aliphatic heterocycles. The molecule has 3 fully saturated rings. The minimum absolute atomic E-state index is 0. The Morgan fingerprint density at radius 1 is 1.02 bits per heavy atom. The van der Waals surface area contributed by atoms with E-state index in [1.165, 1.54) is 17.4 Å². The number of hydrogen-bond donors (Lipinski definition) is 2. The number of hydrogen-bond acceptors (Lipinski definition) is 6. The predicted octanol–water partition coefficient (Wildman–Crippen LogP) is 4.64. The second kappa shape index (κ2) is 13.4. The standard InChI is InChI=1S/C30H34N2O5S.2ClH/c1-37-26-14-13-23(38(2,35)36)17-22(26)18-31-28-24-15-16-32(19-25(24)30(33)34)29(28)27(20-9-5-3-6-10-20)21-11-7-4-8-12-21;;/h3-14,17,24-25,27-29,31H,15-16,18-19H2,1-2H3,(H,33,34);2*1H/t24-,25-,28-,29-;;/m0../s1. The number of sulfone groups is 1. The van der Waals surface area contributed by atoms with Crippen molar-refractivity contribution in [1.82, 2.24) is 10.2 Å². The number of halogens is 2. The lowest BCUT2D eigenvalue weighted by molar-refractivity contribution is -0.152. The molecule has 0 spiro atoms. The summed E-state index contributed by atoms with van der Waals surface area (Å²) in [5, 5.41) is 13.8. The fourth-order valence-electron chi connectivity index (χ4n) is 6.39. The van der Waals surface area contributed by atoms with Crippen LogP contribution in [0.4, 0.5) is 0 Å². The van der Waals surface area contributed by atoms with Crippen molar-refractivity contribution in [3.05, 3.63) is 95.6 Å². The van der Waals surface area contributed by atoms with E-state index in [1.54, 1.807) is 25.3 Å². The van der Waals surface area contributed by atoms with Crippen molar-refractivity contribution in [3.63, 3.8) is 0 Å².